The molecule has 4 aromatic rings. The maximum atomic E-state index is 13.6. The molecule has 0 spiro atoms. The molecule has 0 amide bonds. The molecule has 0 atom stereocenters. The minimum atomic E-state index is -5.46. The number of carbonyl (C=O) groups excluding carboxylic acids is 1. The van der Waals surface area contributed by atoms with Crippen molar-refractivity contribution < 1.29 is 39.0 Å². The van der Waals surface area contributed by atoms with E-state index < -0.39 is 37.9 Å². The van der Waals surface area contributed by atoms with E-state index in [2.05, 4.69) is 9.17 Å². The number of rotatable bonds is 10. The maximum Gasteiger partial charge on any atom is 0.492 e. The van der Waals surface area contributed by atoms with Crippen LogP contribution >= 0.6 is 23.1 Å². The average molecular weight is 647 g/mol. The number of thioether (sulfide) groups is 1. The van der Waals surface area contributed by atoms with Crippen molar-refractivity contribution in [3.8, 4) is 11.4 Å². The Morgan fingerprint density at radius 2 is 1.83 bits per heavy atom. The maximum absolute atomic E-state index is 13.6. The van der Waals surface area contributed by atoms with Crippen LogP contribution in [0.4, 0.5) is 13.2 Å². The fourth-order valence-electron chi connectivity index (χ4n) is 3.88. The van der Waals surface area contributed by atoms with Gasteiger partial charge < -0.3 is 14.5 Å². The van der Waals surface area contributed by atoms with E-state index >= 15 is 0 Å². The van der Waals surface area contributed by atoms with E-state index in [0.717, 1.165) is 11.3 Å². The highest BCUT2D eigenvalue weighted by Gasteiger charge is 2.43. The Labute approximate surface area is 240 Å². The molecule has 0 aliphatic carbocycles. The number of nitrogens with two attached hydrogens (primary N) is 1. The Hall–Kier alpha value is -3.41. The van der Waals surface area contributed by atoms with Gasteiger partial charge in [0.2, 0.25) is 9.84 Å². The summed E-state index contributed by atoms with van der Waals surface area (Å²) in [6, 6.07) is 14.1. The first-order chi connectivity index (χ1) is 19.1. The summed E-state index contributed by atoms with van der Waals surface area (Å²) in [6.07, 6.45) is -3.99. The van der Waals surface area contributed by atoms with Gasteiger partial charge in [-0.15, -0.1) is 23.1 Å². The van der Waals surface area contributed by atoms with E-state index in [0.29, 0.717) is 25.7 Å². The number of imidazole rings is 1. The van der Waals surface area contributed by atoms with Gasteiger partial charge in [0.15, 0.2) is 0 Å². The molecule has 4 rings (SSSR count). The average Bonchev–Trinajstić information content (AvgIpc) is 3.51. The molecule has 3 N–H and O–H groups in total. The lowest BCUT2D eigenvalue weighted by atomic mass is 10.2. The van der Waals surface area contributed by atoms with Crippen molar-refractivity contribution in [1.82, 2.24) is 9.55 Å². The fraction of sp³-hybridized carbons (Fsp3) is 0.208. The Bertz CT molecular complexity index is 1870. The smallest absolute Gasteiger partial charge is 0.383 e. The van der Waals surface area contributed by atoms with E-state index in [1.807, 2.05) is 0 Å². The molecule has 41 heavy (non-hydrogen) atoms. The number of carbonyl (C=O) groups is 1. The molecule has 2 heterocycles. The number of hydrogen-bond donors (Lipinski definition) is 2. The monoisotopic (exact) mass is 646 g/mol. The van der Waals surface area contributed by atoms with Crippen LogP contribution in [0, 0.1) is 5.41 Å². The van der Waals surface area contributed by atoms with Crippen molar-refractivity contribution in [3.63, 3.8) is 0 Å². The normalized spacial score (nSPS) is 12.5. The molecule has 17 heteroatoms. The lowest BCUT2D eigenvalue weighted by Gasteiger charge is -2.12. The van der Waals surface area contributed by atoms with Gasteiger partial charge in [-0.05, 0) is 43.0 Å². The number of para-hydroxylation sites is 2. The van der Waals surface area contributed by atoms with Crippen LogP contribution in [0.5, 0.6) is 0 Å². The summed E-state index contributed by atoms with van der Waals surface area (Å²) in [5.74, 6) is -3.68. The van der Waals surface area contributed by atoms with Gasteiger partial charge in [0.25, 0.3) is 0 Å². The number of aromatic nitrogens is 2. The van der Waals surface area contributed by atoms with E-state index in [9.17, 15) is 34.8 Å². The standard InChI is InChI=1S/C24H21F3N4O6S4/c1-38-22-19(13-18(39-22)20(28)29)41(35,36)15-7-4-6-14(12-15)21-30-16-8-2-3-9-17(16)31(21)10-5-11-40(33,34)37-23(32)24(25,26)27/h2-4,6-9,12-13H,5,10-11H2,1H3,(H3,28,29). The molecular formula is C24H21F3N4O6S4. The molecule has 0 fully saturated rings. The van der Waals surface area contributed by atoms with Crippen LogP contribution in [0.3, 0.4) is 0 Å². The fourth-order valence-corrected chi connectivity index (χ4v) is 8.67. The summed E-state index contributed by atoms with van der Waals surface area (Å²) < 4.78 is 94.1. The highest BCUT2D eigenvalue weighted by atomic mass is 32.2. The first kappa shape index (κ1) is 30.5. The number of benzene rings is 2. The van der Waals surface area contributed by atoms with Crippen LogP contribution in [-0.2, 0) is 35.5 Å². The van der Waals surface area contributed by atoms with Gasteiger partial charge in [-0.2, -0.15) is 21.6 Å². The van der Waals surface area contributed by atoms with Crippen LogP contribution in [-0.4, -0.2) is 56.4 Å². The van der Waals surface area contributed by atoms with Crippen LogP contribution in [0.15, 0.2) is 68.6 Å². The molecule has 0 unspecified atom stereocenters. The minimum absolute atomic E-state index is 0.00413. The quantitative estimate of drug-likeness (QED) is 0.110. The first-order valence-electron chi connectivity index (χ1n) is 11.5. The van der Waals surface area contributed by atoms with Gasteiger partial charge in [-0.3, -0.25) is 5.41 Å². The SMILES string of the molecule is CSc1sc(C(=N)N)cc1S(=O)(=O)c1cccc(-c2nc3ccccc3n2CCCS(=O)(=O)OC(=O)C(F)(F)F)c1. The number of alkyl halides is 3. The highest BCUT2D eigenvalue weighted by molar-refractivity contribution is 8.01. The molecule has 0 aliphatic heterocycles. The Morgan fingerprint density at radius 3 is 2.49 bits per heavy atom. The van der Waals surface area contributed by atoms with Crippen molar-refractivity contribution in [1.29, 1.82) is 5.41 Å². The van der Waals surface area contributed by atoms with Crippen LogP contribution in [0.25, 0.3) is 22.4 Å². The number of amidine groups is 1. The van der Waals surface area contributed by atoms with E-state index in [4.69, 9.17) is 11.1 Å². The highest BCUT2D eigenvalue weighted by Crippen LogP contribution is 2.38. The first-order valence-corrected chi connectivity index (χ1v) is 16.6. The van der Waals surface area contributed by atoms with E-state index in [1.165, 1.54) is 36.0 Å². The van der Waals surface area contributed by atoms with Gasteiger partial charge in [0.05, 0.1) is 35.7 Å². The van der Waals surface area contributed by atoms with Gasteiger partial charge >= 0.3 is 22.3 Å². The molecule has 0 aliphatic rings. The van der Waals surface area contributed by atoms with Crippen molar-refractivity contribution >= 4 is 65.9 Å². The summed E-state index contributed by atoms with van der Waals surface area (Å²) in [6.45, 7) is -0.0568. The topological polar surface area (TPSA) is 162 Å². The number of hydrogen-bond acceptors (Lipinski definition) is 10. The number of nitrogens with one attached hydrogen (secondary N) is 1. The van der Waals surface area contributed by atoms with Gasteiger partial charge in [-0.1, -0.05) is 24.3 Å². The molecule has 218 valence electrons. The Balaban J connectivity index is 1.69. The number of nitrogen functional groups attached to an aromatic ring is 1. The number of aryl methyl sites for hydroxylation is 1. The third-order valence-corrected chi connectivity index (χ3v) is 11.2. The lowest BCUT2D eigenvalue weighted by Crippen LogP contribution is -2.29. The molecule has 0 saturated heterocycles. The largest absolute Gasteiger partial charge is 0.492 e. The summed E-state index contributed by atoms with van der Waals surface area (Å²) in [4.78, 5) is 15.8. The van der Waals surface area contributed by atoms with Gasteiger partial charge in [-0.25, -0.2) is 18.2 Å². The van der Waals surface area contributed by atoms with Crippen LogP contribution in [0.2, 0.25) is 0 Å². The molecular weight excluding hydrogens is 626 g/mol. The Morgan fingerprint density at radius 1 is 1.12 bits per heavy atom. The molecule has 10 nitrogen and oxygen atoms in total. The van der Waals surface area contributed by atoms with Crippen molar-refractivity contribution in [2.45, 2.75) is 33.1 Å². The Kier molecular flexibility index (Phi) is 8.54. The second kappa shape index (κ2) is 11.5. The minimum Gasteiger partial charge on any atom is -0.383 e. The summed E-state index contributed by atoms with van der Waals surface area (Å²) in [5, 5.41) is 7.67. The van der Waals surface area contributed by atoms with Gasteiger partial charge in [0, 0.05) is 12.1 Å². The molecule has 0 radical (unpaired) electrons. The van der Waals surface area contributed by atoms with Crippen molar-refractivity contribution in [2.24, 2.45) is 5.73 Å². The zero-order valence-electron chi connectivity index (χ0n) is 21.0. The molecule has 2 aromatic carbocycles. The zero-order valence-corrected chi connectivity index (χ0v) is 24.3. The summed E-state index contributed by atoms with van der Waals surface area (Å²) in [5.41, 5.74) is 7.01. The molecule has 0 bridgehead atoms. The van der Waals surface area contributed by atoms with Gasteiger partial charge in [0.1, 0.15) is 11.7 Å². The number of thiophene rings is 1. The second-order valence-corrected chi connectivity index (χ2v) is 14.2. The third-order valence-electron chi connectivity index (χ3n) is 5.67. The predicted octanol–water partition coefficient (Wildman–Crippen LogP) is 4.43. The number of halogens is 3. The number of fused-ring (bicyclic) bond motifs is 1. The molecule has 2 aromatic heterocycles. The lowest BCUT2D eigenvalue weighted by molar-refractivity contribution is -0.189. The summed E-state index contributed by atoms with van der Waals surface area (Å²) >= 11 is 2.29. The van der Waals surface area contributed by atoms with Crippen molar-refractivity contribution in [3.05, 3.63) is 59.5 Å². The number of sulfone groups is 1. The predicted molar refractivity (Wildman–Crippen MR) is 148 cm³/mol. The van der Waals surface area contributed by atoms with E-state index in [1.54, 1.807) is 41.2 Å². The van der Waals surface area contributed by atoms with Crippen molar-refractivity contribution in [2.75, 3.05) is 12.0 Å². The van der Waals surface area contributed by atoms with E-state index in [-0.39, 0.29) is 34.4 Å². The second-order valence-electron chi connectivity index (χ2n) is 8.47. The third kappa shape index (κ3) is 6.58. The number of nitrogens with zero attached hydrogens (tertiary/aromatic N) is 2. The van der Waals surface area contributed by atoms with Crippen LogP contribution in [0.1, 0.15) is 11.3 Å². The molecule has 0 saturated carbocycles. The zero-order chi connectivity index (χ0) is 30.2. The van der Waals surface area contributed by atoms with Crippen LogP contribution < -0.4 is 5.73 Å². The summed E-state index contributed by atoms with van der Waals surface area (Å²) in [7, 11) is -8.87.